The zero-order valence-electron chi connectivity index (χ0n) is 9.57. The molecular weight excluding hydrogens is 158 g/mol. The van der Waals surface area contributed by atoms with E-state index in [4.69, 9.17) is 0 Å². The van der Waals surface area contributed by atoms with E-state index in [2.05, 4.69) is 5.32 Å². The maximum Gasteiger partial charge on any atom is -0.0167 e. The van der Waals surface area contributed by atoms with Crippen molar-refractivity contribution in [3.8, 4) is 0 Å². The predicted octanol–water partition coefficient (Wildman–Crippen LogP) is 3.74. The fraction of sp³-hybridized carbons (Fsp3) is 1.00. The lowest BCUT2D eigenvalue weighted by molar-refractivity contribution is 0.504. The zero-order chi connectivity index (χ0) is 9.78. The Kier molecular flexibility index (Phi) is 11.9. The van der Waals surface area contributed by atoms with Crippen LogP contribution in [-0.4, -0.2) is 14.1 Å². The lowest BCUT2D eigenvalue weighted by Crippen LogP contribution is -1.89. The molecule has 0 aliphatic heterocycles. The summed E-state index contributed by atoms with van der Waals surface area (Å²) in [6.07, 6.45) is 15.0. The maximum absolute atomic E-state index is 2.75. The molecule has 13 heavy (non-hydrogen) atoms. The van der Waals surface area contributed by atoms with Gasteiger partial charge in [0.1, 0.15) is 0 Å². The highest BCUT2D eigenvalue weighted by atomic mass is 14.7. The highest BCUT2D eigenvalue weighted by Crippen LogP contribution is 2.15. The Balaban J connectivity index is 0.000000424. The molecule has 0 spiro atoms. The van der Waals surface area contributed by atoms with E-state index < -0.39 is 0 Å². The molecule has 1 heteroatoms. The average Bonchev–Trinajstić information content (AvgIpc) is 2.16. The first kappa shape index (κ1) is 13.0. The first-order valence-electron chi connectivity index (χ1n) is 6.00. The smallest absolute Gasteiger partial charge is 0.0167 e. The van der Waals surface area contributed by atoms with E-state index in [9.17, 15) is 0 Å². The van der Waals surface area contributed by atoms with Crippen LogP contribution >= 0.6 is 0 Å². The molecule has 0 saturated heterocycles. The Bertz CT molecular complexity index is 48.0. The van der Waals surface area contributed by atoms with Crippen LogP contribution in [0, 0.1) is 0 Å². The van der Waals surface area contributed by atoms with Crippen LogP contribution in [0.5, 0.6) is 0 Å². The van der Waals surface area contributed by atoms with Crippen molar-refractivity contribution in [2.75, 3.05) is 14.1 Å². The monoisotopic (exact) mass is 185 g/mol. The third-order valence-electron chi connectivity index (χ3n) is 2.50. The molecule has 0 aromatic rings. The summed E-state index contributed by atoms with van der Waals surface area (Å²) >= 11 is 0. The van der Waals surface area contributed by atoms with Crippen molar-refractivity contribution in [3.05, 3.63) is 0 Å². The fourth-order valence-corrected chi connectivity index (χ4v) is 1.77. The quantitative estimate of drug-likeness (QED) is 0.606. The van der Waals surface area contributed by atoms with Crippen LogP contribution < -0.4 is 5.32 Å². The lowest BCUT2D eigenvalue weighted by atomic mass is 10.0. The summed E-state index contributed by atoms with van der Waals surface area (Å²) in [6.45, 7) is 0. The summed E-state index contributed by atoms with van der Waals surface area (Å²) in [5, 5.41) is 2.75. The molecule has 0 aromatic carbocycles. The molecule has 1 rings (SSSR count). The molecule has 1 fully saturated rings. The van der Waals surface area contributed by atoms with Crippen LogP contribution in [0.1, 0.15) is 64.2 Å². The van der Waals surface area contributed by atoms with Gasteiger partial charge in [0.25, 0.3) is 0 Å². The summed E-state index contributed by atoms with van der Waals surface area (Å²) in [7, 11) is 3.75. The molecule has 1 aliphatic rings. The van der Waals surface area contributed by atoms with Crippen LogP contribution in [0.15, 0.2) is 0 Å². The molecule has 1 aliphatic carbocycles. The van der Waals surface area contributed by atoms with E-state index in [1.165, 1.54) is 64.2 Å². The molecular formula is C12H27N. The van der Waals surface area contributed by atoms with Gasteiger partial charge in [-0.25, -0.2) is 0 Å². The van der Waals surface area contributed by atoms with E-state index >= 15 is 0 Å². The van der Waals surface area contributed by atoms with E-state index in [0.717, 1.165) is 0 Å². The standard InChI is InChI=1S/C10H20.C2H7N/c1-2-4-6-8-10-9-7-5-3-1;1-3-2/h1-10H2;3H,1-2H3. The Hall–Kier alpha value is -0.0400. The van der Waals surface area contributed by atoms with Gasteiger partial charge in [0.2, 0.25) is 0 Å². The molecule has 0 radical (unpaired) electrons. The molecule has 1 N–H and O–H groups in total. The van der Waals surface area contributed by atoms with Crippen LogP contribution in [-0.2, 0) is 0 Å². The second kappa shape index (κ2) is 12.0. The Morgan fingerprint density at radius 2 is 0.538 bits per heavy atom. The van der Waals surface area contributed by atoms with Crippen molar-refractivity contribution in [2.45, 2.75) is 64.2 Å². The second-order valence-electron chi connectivity index (χ2n) is 4.04. The van der Waals surface area contributed by atoms with Crippen LogP contribution in [0.4, 0.5) is 0 Å². The maximum atomic E-state index is 2.75. The zero-order valence-corrected chi connectivity index (χ0v) is 9.57. The number of nitrogens with one attached hydrogen (secondary N) is 1. The van der Waals surface area contributed by atoms with Gasteiger partial charge >= 0.3 is 0 Å². The topological polar surface area (TPSA) is 12.0 Å². The van der Waals surface area contributed by atoms with Crippen molar-refractivity contribution in [2.24, 2.45) is 0 Å². The molecule has 0 heterocycles. The molecule has 1 nitrogen and oxygen atoms in total. The summed E-state index contributed by atoms with van der Waals surface area (Å²) in [5.41, 5.74) is 0. The van der Waals surface area contributed by atoms with Gasteiger partial charge in [0.05, 0.1) is 0 Å². The van der Waals surface area contributed by atoms with E-state index in [-0.39, 0.29) is 0 Å². The van der Waals surface area contributed by atoms with Crippen molar-refractivity contribution < 1.29 is 0 Å². The first-order chi connectivity index (χ1) is 6.41. The highest BCUT2D eigenvalue weighted by molar-refractivity contribution is 4.51. The van der Waals surface area contributed by atoms with E-state index in [0.29, 0.717) is 0 Å². The molecule has 1 saturated carbocycles. The van der Waals surface area contributed by atoms with Gasteiger partial charge in [-0.05, 0) is 14.1 Å². The fourth-order valence-electron chi connectivity index (χ4n) is 1.77. The summed E-state index contributed by atoms with van der Waals surface area (Å²) < 4.78 is 0. The first-order valence-corrected chi connectivity index (χ1v) is 6.00. The predicted molar refractivity (Wildman–Crippen MR) is 61.2 cm³/mol. The molecule has 0 unspecified atom stereocenters. The minimum atomic E-state index is 1.50. The minimum Gasteiger partial charge on any atom is -0.323 e. The van der Waals surface area contributed by atoms with Gasteiger partial charge in [-0.15, -0.1) is 0 Å². The molecule has 0 atom stereocenters. The summed E-state index contributed by atoms with van der Waals surface area (Å²) in [5.74, 6) is 0. The average molecular weight is 185 g/mol. The van der Waals surface area contributed by atoms with Crippen molar-refractivity contribution in [1.82, 2.24) is 5.32 Å². The number of rotatable bonds is 0. The van der Waals surface area contributed by atoms with Crippen LogP contribution in [0.25, 0.3) is 0 Å². The van der Waals surface area contributed by atoms with Gasteiger partial charge in [-0.3, -0.25) is 0 Å². The van der Waals surface area contributed by atoms with Gasteiger partial charge in [-0.2, -0.15) is 0 Å². The minimum absolute atomic E-state index is 1.50. The number of hydrogen-bond acceptors (Lipinski definition) is 1. The second-order valence-corrected chi connectivity index (χ2v) is 4.04. The molecule has 0 bridgehead atoms. The van der Waals surface area contributed by atoms with Gasteiger partial charge < -0.3 is 5.32 Å². The third-order valence-corrected chi connectivity index (χ3v) is 2.50. The summed E-state index contributed by atoms with van der Waals surface area (Å²) in [6, 6.07) is 0. The van der Waals surface area contributed by atoms with Crippen molar-refractivity contribution >= 4 is 0 Å². The van der Waals surface area contributed by atoms with Crippen LogP contribution in [0.3, 0.4) is 0 Å². The molecule has 80 valence electrons. The van der Waals surface area contributed by atoms with Gasteiger partial charge in [-0.1, -0.05) is 64.2 Å². The Labute approximate surface area is 84.3 Å². The van der Waals surface area contributed by atoms with Crippen molar-refractivity contribution in [1.29, 1.82) is 0 Å². The van der Waals surface area contributed by atoms with E-state index in [1.54, 1.807) is 0 Å². The van der Waals surface area contributed by atoms with Crippen LogP contribution in [0.2, 0.25) is 0 Å². The normalized spacial score (nSPS) is 19.8. The van der Waals surface area contributed by atoms with Gasteiger partial charge in [0, 0.05) is 0 Å². The van der Waals surface area contributed by atoms with E-state index in [1.807, 2.05) is 14.1 Å². The Morgan fingerprint density at radius 1 is 0.462 bits per heavy atom. The van der Waals surface area contributed by atoms with Crippen molar-refractivity contribution in [3.63, 3.8) is 0 Å². The largest absolute Gasteiger partial charge is 0.323 e. The number of hydrogen-bond donors (Lipinski definition) is 1. The summed E-state index contributed by atoms with van der Waals surface area (Å²) in [4.78, 5) is 0. The molecule has 0 amide bonds. The van der Waals surface area contributed by atoms with Gasteiger partial charge in [0.15, 0.2) is 0 Å². The third kappa shape index (κ3) is 12.0. The highest BCUT2D eigenvalue weighted by Gasteiger charge is 1.95. The Morgan fingerprint density at radius 3 is 0.615 bits per heavy atom. The molecule has 0 aromatic heterocycles. The SMILES string of the molecule is C1CCCCCCCCC1.CNC. The lowest BCUT2D eigenvalue weighted by Gasteiger charge is -2.05.